The Hall–Kier alpha value is -0.770. The molecule has 0 radical (unpaired) electrons. The summed E-state index contributed by atoms with van der Waals surface area (Å²) in [7, 11) is 0. The van der Waals surface area contributed by atoms with Crippen LogP contribution in [0.2, 0.25) is 0 Å². The average molecular weight is 337 g/mol. The predicted octanol–water partition coefficient (Wildman–Crippen LogP) is 4.30. The second-order valence-corrected chi connectivity index (χ2v) is 8.98. The summed E-state index contributed by atoms with van der Waals surface area (Å²) in [5.41, 5.74) is -0.0328. The van der Waals surface area contributed by atoms with Gasteiger partial charge in [-0.1, -0.05) is 45.7 Å². The summed E-state index contributed by atoms with van der Waals surface area (Å²) in [4.78, 5) is 8.12. The third kappa shape index (κ3) is 4.07. The van der Waals surface area contributed by atoms with Crippen LogP contribution in [0.5, 0.6) is 0 Å². The van der Waals surface area contributed by atoms with E-state index in [2.05, 4.69) is 37.8 Å². The third-order valence-electron chi connectivity index (χ3n) is 6.77. The molecule has 0 amide bonds. The number of ether oxygens (including phenoxy) is 1. The molecule has 4 unspecified atom stereocenters. The zero-order chi connectivity index (χ0) is 17.2. The smallest absolute Gasteiger partial charge is 0.232 e. The fourth-order valence-corrected chi connectivity index (χ4v) is 4.56. The maximum absolute atomic E-state index is 6.35. The molecular weight excluding hydrogens is 300 g/mol. The molecule has 4 nitrogen and oxygen atoms in total. The number of hydrogen-bond acceptors (Lipinski definition) is 4. The highest BCUT2D eigenvalue weighted by Gasteiger charge is 2.42. The van der Waals surface area contributed by atoms with Crippen molar-refractivity contribution in [1.29, 1.82) is 0 Å². The highest BCUT2D eigenvalue weighted by Crippen LogP contribution is 2.44. The van der Waals surface area contributed by atoms with Crippen molar-refractivity contribution in [3.63, 3.8) is 0 Å². The highest BCUT2D eigenvalue weighted by molar-refractivity contribution is 5.82. The van der Waals surface area contributed by atoms with Gasteiger partial charge in [0.2, 0.25) is 5.90 Å². The minimum atomic E-state index is -0.0328. The Labute approximate surface area is 147 Å². The van der Waals surface area contributed by atoms with Crippen molar-refractivity contribution in [1.82, 2.24) is 4.90 Å². The molecule has 2 fully saturated rings. The van der Waals surface area contributed by atoms with Crippen molar-refractivity contribution in [3.8, 4) is 0 Å². The van der Waals surface area contributed by atoms with Crippen LogP contribution in [0.3, 0.4) is 0 Å². The van der Waals surface area contributed by atoms with E-state index in [0.29, 0.717) is 12.5 Å². The van der Waals surface area contributed by atoms with Crippen molar-refractivity contribution >= 4 is 5.90 Å². The minimum Gasteiger partial charge on any atom is -0.470 e. The zero-order valence-corrected chi connectivity index (χ0v) is 16.1. The second kappa shape index (κ2) is 7.63. The van der Waals surface area contributed by atoms with Gasteiger partial charge in [0.05, 0.1) is 0 Å². The van der Waals surface area contributed by atoms with Gasteiger partial charge in [0.15, 0.2) is 6.61 Å². The van der Waals surface area contributed by atoms with Crippen LogP contribution in [0.4, 0.5) is 0 Å². The van der Waals surface area contributed by atoms with Gasteiger partial charge < -0.3 is 9.57 Å². The molecule has 24 heavy (non-hydrogen) atoms. The molecule has 1 aliphatic carbocycles. The first-order valence-electron chi connectivity index (χ1n) is 10.1. The van der Waals surface area contributed by atoms with Crippen LogP contribution in [-0.4, -0.2) is 43.1 Å². The van der Waals surface area contributed by atoms with Crippen LogP contribution in [0.15, 0.2) is 5.16 Å². The molecule has 2 heterocycles. The second-order valence-electron chi connectivity index (χ2n) is 8.98. The molecule has 0 aromatic rings. The van der Waals surface area contributed by atoms with E-state index in [1.807, 2.05) is 0 Å². The summed E-state index contributed by atoms with van der Waals surface area (Å²) < 4.78 is 6.35. The van der Waals surface area contributed by atoms with Gasteiger partial charge in [-0.2, -0.15) is 0 Å². The molecule has 0 bridgehead atoms. The van der Waals surface area contributed by atoms with Crippen LogP contribution in [-0.2, 0) is 9.57 Å². The quantitative estimate of drug-likeness (QED) is 0.767. The lowest BCUT2D eigenvalue weighted by molar-refractivity contribution is -0.0268. The largest absolute Gasteiger partial charge is 0.470 e. The topological polar surface area (TPSA) is 34.1 Å². The van der Waals surface area contributed by atoms with E-state index < -0.39 is 0 Å². The van der Waals surface area contributed by atoms with Crippen LogP contribution in [0.25, 0.3) is 0 Å². The highest BCUT2D eigenvalue weighted by atomic mass is 16.7. The lowest BCUT2D eigenvalue weighted by Gasteiger charge is -2.43. The van der Waals surface area contributed by atoms with E-state index in [1.165, 1.54) is 51.6 Å². The Bertz CT molecular complexity index is 443. The molecule has 1 saturated heterocycles. The van der Waals surface area contributed by atoms with E-state index in [0.717, 1.165) is 24.3 Å². The molecule has 4 heteroatoms. The van der Waals surface area contributed by atoms with Crippen molar-refractivity contribution in [2.24, 2.45) is 28.3 Å². The van der Waals surface area contributed by atoms with Crippen molar-refractivity contribution in [2.45, 2.75) is 72.3 Å². The summed E-state index contributed by atoms with van der Waals surface area (Å²) in [5.74, 6) is 3.11. The van der Waals surface area contributed by atoms with E-state index >= 15 is 0 Å². The summed E-state index contributed by atoms with van der Waals surface area (Å²) in [6.45, 7) is 13.4. The SMILES string of the molecule is CC1CCC(C(C)(C)C2=NOCC(CN3CCCCC3)O2)CC1C. The van der Waals surface area contributed by atoms with Crippen molar-refractivity contribution in [3.05, 3.63) is 0 Å². The Balaban J connectivity index is 1.59. The summed E-state index contributed by atoms with van der Waals surface area (Å²) >= 11 is 0. The van der Waals surface area contributed by atoms with Gasteiger partial charge in [-0.15, -0.1) is 0 Å². The lowest BCUT2D eigenvalue weighted by Crippen LogP contribution is -2.46. The van der Waals surface area contributed by atoms with Gasteiger partial charge in [0.1, 0.15) is 6.10 Å². The van der Waals surface area contributed by atoms with Gasteiger partial charge >= 0.3 is 0 Å². The molecule has 0 aromatic carbocycles. The fraction of sp³-hybridized carbons (Fsp3) is 0.950. The van der Waals surface area contributed by atoms with Crippen LogP contribution in [0.1, 0.15) is 66.2 Å². The Morgan fingerprint density at radius 1 is 1.08 bits per heavy atom. The average Bonchev–Trinajstić information content (AvgIpc) is 2.58. The van der Waals surface area contributed by atoms with E-state index in [4.69, 9.17) is 9.57 Å². The van der Waals surface area contributed by atoms with E-state index in [1.54, 1.807) is 0 Å². The van der Waals surface area contributed by atoms with Gasteiger partial charge in [0.25, 0.3) is 0 Å². The number of oxime groups is 1. The van der Waals surface area contributed by atoms with E-state index in [-0.39, 0.29) is 11.5 Å². The fourth-order valence-electron chi connectivity index (χ4n) is 4.56. The molecule has 4 atom stereocenters. The number of hydrogen-bond donors (Lipinski definition) is 0. The Morgan fingerprint density at radius 3 is 2.54 bits per heavy atom. The summed E-state index contributed by atoms with van der Waals surface area (Å²) in [5, 5.41) is 4.34. The first-order chi connectivity index (χ1) is 11.5. The van der Waals surface area contributed by atoms with Crippen LogP contribution < -0.4 is 0 Å². The number of piperidine rings is 1. The molecule has 0 N–H and O–H groups in total. The maximum Gasteiger partial charge on any atom is 0.232 e. The Kier molecular flexibility index (Phi) is 5.74. The van der Waals surface area contributed by atoms with Crippen LogP contribution in [0, 0.1) is 23.2 Å². The molecule has 1 saturated carbocycles. The normalized spacial score (nSPS) is 35.8. The van der Waals surface area contributed by atoms with E-state index in [9.17, 15) is 0 Å². The first-order valence-corrected chi connectivity index (χ1v) is 10.1. The number of rotatable bonds is 4. The minimum absolute atomic E-state index is 0.0328. The molecule has 3 rings (SSSR count). The Morgan fingerprint density at radius 2 is 1.83 bits per heavy atom. The van der Waals surface area contributed by atoms with Gasteiger partial charge in [0, 0.05) is 12.0 Å². The molecule has 3 aliphatic rings. The van der Waals surface area contributed by atoms with Gasteiger partial charge in [-0.05, 0) is 56.5 Å². The monoisotopic (exact) mass is 336 g/mol. The summed E-state index contributed by atoms with van der Waals surface area (Å²) in [6.07, 6.45) is 8.01. The van der Waals surface area contributed by atoms with Gasteiger partial charge in [-0.25, -0.2) is 0 Å². The lowest BCUT2D eigenvalue weighted by atomic mass is 9.65. The van der Waals surface area contributed by atoms with Crippen LogP contribution >= 0.6 is 0 Å². The zero-order valence-electron chi connectivity index (χ0n) is 16.1. The first kappa shape index (κ1) is 18.0. The standard InChI is InChI=1S/C20H36N2O2/c1-15-8-9-17(12-16(15)2)20(3,4)19-21-23-14-18(24-19)13-22-10-6-5-7-11-22/h15-18H,5-14H2,1-4H3. The van der Waals surface area contributed by atoms with Gasteiger partial charge in [-0.3, -0.25) is 4.90 Å². The third-order valence-corrected chi connectivity index (χ3v) is 6.77. The predicted molar refractivity (Wildman–Crippen MR) is 98.0 cm³/mol. The summed E-state index contributed by atoms with van der Waals surface area (Å²) in [6, 6.07) is 0. The molecule has 2 aliphatic heterocycles. The molecule has 0 spiro atoms. The number of nitrogens with zero attached hydrogens (tertiary/aromatic N) is 2. The van der Waals surface area contributed by atoms with Crippen molar-refractivity contribution in [2.75, 3.05) is 26.2 Å². The molecular formula is C20H36N2O2. The maximum atomic E-state index is 6.35. The molecule has 138 valence electrons. The van der Waals surface area contributed by atoms with Crippen molar-refractivity contribution < 1.29 is 9.57 Å². The number of likely N-dealkylation sites (tertiary alicyclic amines) is 1. The molecule has 0 aromatic heterocycles.